The number of aliphatic hydroxyl groups is 4. The minimum absolute atomic E-state index is 0. The van der Waals surface area contributed by atoms with Gasteiger partial charge in [0.05, 0.1) is 12.1 Å². The van der Waals surface area contributed by atoms with Gasteiger partial charge in [-0.2, -0.15) is 0 Å². The van der Waals surface area contributed by atoms with Gasteiger partial charge in [0.1, 0.15) is 12.2 Å². The second-order valence-electron chi connectivity index (χ2n) is 6.58. The molecule has 0 radical (unpaired) electrons. The Bertz CT molecular complexity index is 303. The van der Waals surface area contributed by atoms with E-state index in [1.807, 2.05) is 0 Å². The third-order valence-corrected chi connectivity index (χ3v) is 4.37. The van der Waals surface area contributed by atoms with E-state index >= 15 is 0 Å². The van der Waals surface area contributed by atoms with Gasteiger partial charge in [-0.15, -0.1) is 0 Å². The third kappa shape index (κ3) is 16.2. The van der Waals surface area contributed by atoms with Gasteiger partial charge in [0.15, 0.2) is 0 Å². The largest absolute Gasteiger partial charge is 1.00 e. The third-order valence-electron chi connectivity index (χ3n) is 4.37. The zero-order valence-corrected chi connectivity index (χ0v) is 17.7. The molecular formula is C18H35NaO6. The minimum atomic E-state index is -2.04. The summed E-state index contributed by atoms with van der Waals surface area (Å²) in [5.41, 5.74) is 0. The van der Waals surface area contributed by atoms with Gasteiger partial charge in [0, 0.05) is 6.61 Å². The average molecular weight is 370 g/mol. The summed E-state index contributed by atoms with van der Waals surface area (Å²) in [6, 6.07) is 0. The van der Waals surface area contributed by atoms with E-state index in [-0.39, 0.29) is 36.0 Å². The van der Waals surface area contributed by atoms with Crippen LogP contribution in [-0.2, 0) is 4.79 Å². The fourth-order valence-corrected chi connectivity index (χ4v) is 2.75. The number of hydrogen-bond acceptors (Lipinski definition) is 6. The molecule has 0 amide bonds. The van der Waals surface area contributed by atoms with Crippen LogP contribution in [-0.4, -0.2) is 51.3 Å². The molecular weight excluding hydrogens is 335 g/mol. The van der Waals surface area contributed by atoms with Gasteiger partial charge in [0.25, 0.3) is 0 Å². The molecule has 0 heterocycles. The van der Waals surface area contributed by atoms with Crippen LogP contribution in [0.15, 0.2) is 0 Å². The van der Waals surface area contributed by atoms with Crippen molar-refractivity contribution in [2.75, 3.05) is 6.61 Å². The second kappa shape index (κ2) is 19.1. The molecule has 25 heavy (non-hydrogen) atoms. The summed E-state index contributed by atoms with van der Waals surface area (Å²) >= 11 is 0. The SMILES string of the molecule is O=C([O-])C(O)C(O)C(O)CCCCCCCCCCCCCCO.[Na+]. The number of aliphatic hydroxyl groups excluding tert-OH is 4. The van der Waals surface area contributed by atoms with E-state index in [2.05, 4.69) is 0 Å². The molecule has 0 aliphatic heterocycles. The average Bonchev–Trinajstić information content (AvgIpc) is 2.57. The van der Waals surface area contributed by atoms with Crippen LogP contribution in [0.5, 0.6) is 0 Å². The monoisotopic (exact) mass is 370 g/mol. The summed E-state index contributed by atoms with van der Waals surface area (Å²) in [5.74, 6) is -1.77. The molecule has 0 aromatic carbocycles. The minimum Gasteiger partial charge on any atom is -0.547 e. The Hall–Kier alpha value is 0.310. The molecule has 4 N–H and O–H groups in total. The van der Waals surface area contributed by atoms with Crippen LogP contribution >= 0.6 is 0 Å². The number of hydrogen-bond donors (Lipinski definition) is 4. The Morgan fingerprint density at radius 2 is 1.08 bits per heavy atom. The standard InChI is InChI=1S/C18H36O6.Na/c19-14-12-10-8-6-4-2-1-3-5-7-9-11-13-15(20)16(21)17(22)18(23)24;/h15-17,19-22H,1-14H2,(H,23,24);/q;+1/p-1. The Balaban J connectivity index is 0. The first kappa shape index (κ1) is 27.5. The first-order valence-corrected chi connectivity index (χ1v) is 9.36. The molecule has 0 spiro atoms. The van der Waals surface area contributed by atoms with Crippen molar-refractivity contribution in [2.45, 2.75) is 102 Å². The van der Waals surface area contributed by atoms with Crippen molar-refractivity contribution >= 4 is 5.97 Å². The fourth-order valence-electron chi connectivity index (χ4n) is 2.75. The molecule has 0 bridgehead atoms. The van der Waals surface area contributed by atoms with Gasteiger partial charge in [-0.25, -0.2) is 0 Å². The summed E-state index contributed by atoms with van der Waals surface area (Å²) in [5, 5.41) is 47.2. The zero-order valence-electron chi connectivity index (χ0n) is 15.7. The number of rotatable bonds is 17. The normalized spacial score (nSPS) is 14.6. The molecule has 0 aromatic heterocycles. The topological polar surface area (TPSA) is 121 Å². The van der Waals surface area contributed by atoms with Crippen molar-refractivity contribution in [1.82, 2.24) is 0 Å². The van der Waals surface area contributed by atoms with Gasteiger partial charge in [-0.3, -0.25) is 0 Å². The molecule has 0 saturated carbocycles. The number of carbonyl (C=O) groups is 1. The maximum absolute atomic E-state index is 10.4. The van der Waals surface area contributed by atoms with E-state index in [0.29, 0.717) is 13.0 Å². The van der Waals surface area contributed by atoms with Crippen LogP contribution in [0.1, 0.15) is 83.5 Å². The van der Waals surface area contributed by atoms with Gasteiger partial charge >= 0.3 is 29.6 Å². The predicted molar refractivity (Wildman–Crippen MR) is 90.1 cm³/mol. The summed E-state index contributed by atoms with van der Waals surface area (Å²) < 4.78 is 0. The molecule has 0 fully saturated rings. The van der Waals surface area contributed by atoms with Gasteiger partial charge in [0.2, 0.25) is 0 Å². The number of aliphatic carboxylic acids is 1. The fraction of sp³-hybridized carbons (Fsp3) is 0.944. The first-order valence-electron chi connectivity index (χ1n) is 9.36. The number of carbonyl (C=O) groups excluding carboxylic acids is 1. The second-order valence-corrected chi connectivity index (χ2v) is 6.58. The van der Waals surface area contributed by atoms with Crippen molar-refractivity contribution in [3.05, 3.63) is 0 Å². The molecule has 3 atom stereocenters. The Labute approximate surface area is 173 Å². The van der Waals surface area contributed by atoms with Crippen molar-refractivity contribution < 1.29 is 59.9 Å². The summed E-state index contributed by atoms with van der Waals surface area (Å²) in [4.78, 5) is 10.4. The molecule has 0 aliphatic carbocycles. The predicted octanol–water partition coefficient (Wildman–Crippen LogP) is -2.11. The Kier molecular flexibility index (Phi) is 21.0. The van der Waals surface area contributed by atoms with Gasteiger partial charge in [-0.1, -0.05) is 70.6 Å². The number of unbranched alkanes of at least 4 members (excludes halogenated alkanes) is 11. The van der Waals surface area contributed by atoms with Crippen molar-refractivity contribution in [2.24, 2.45) is 0 Å². The molecule has 3 unspecified atom stereocenters. The van der Waals surface area contributed by atoms with Crippen molar-refractivity contribution in [3.8, 4) is 0 Å². The van der Waals surface area contributed by atoms with E-state index in [1.54, 1.807) is 0 Å². The van der Waals surface area contributed by atoms with Crippen LogP contribution in [0.2, 0.25) is 0 Å². The maximum atomic E-state index is 10.4. The Morgan fingerprint density at radius 1 is 0.720 bits per heavy atom. The molecule has 144 valence electrons. The van der Waals surface area contributed by atoms with E-state index in [1.165, 1.54) is 38.5 Å². The first-order chi connectivity index (χ1) is 11.5. The summed E-state index contributed by atoms with van der Waals surface area (Å²) in [6.07, 6.45) is 8.58. The quantitative estimate of drug-likeness (QED) is 0.172. The van der Waals surface area contributed by atoms with E-state index in [4.69, 9.17) is 10.2 Å². The Morgan fingerprint density at radius 3 is 1.44 bits per heavy atom. The van der Waals surface area contributed by atoms with Crippen LogP contribution in [0.25, 0.3) is 0 Å². The number of carboxylic acids is 1. The maximum Gasteiger partial charge on any atom is 1.00 e. The summed E-state index contributed by atoms with van der Waals surface area (Å²) in [6.45, 7) is 0.299. The zero-order chi connectivity index (χ0) is 18.2. The molecule has 0 saturated heterocycles. The molecule has 7 heteroatoms. The van der Waals surface area contributed by atoms with Gasteiger partial charge in [-0.05, 0) is 12.8 Å². The van der Waals surface area contributed by atoms with Crippen molar-refractivity contribution in [1.29, 1.82) is 0 Å². The van der Waals surface area contributed by atoms with Crippen LogP contribution in [0, 0.1) is 0 Å². The molecule has 6 nitrogen and oxygen atoms in total. The molecule has 0 rings (SSSR count). The van der Waals surface area contributed by atoms with Crippen molar-refractivity contribution in [3.63, 3.8) is 0 Å². The van der Waals surface area contributed by atoms with E-state index < -0.39 is 24.3 Å². The van der Waals surface area contributed by atoms with E-state index in [9.17, 15) is 20.1 Å². The number of carboxylic acid groups (broad SMARTS) is 1. The molecule has 0 aromatic rings. The van der Waals surface area contributed by atoms with Crippen LogP contribution < -0.4 is 34.7 Å². The molecule has 0 aliphatic rings. The van der Waals surface area contributed by atoms with Crippen LogP contribution in [0.4, 0.5) is 0 Å². The van der Waals surface area contributed by atoms with E-state index in [0.717, 1.165) is 32.1 Å². The van der Waals surface area contributed by atoms with Crippen LogP contribution in [0.3, 0.4) is 0 Å². The summed E-state index contributed by atoms with van der Waals surface area (Å²) in [7, 11) is 0. The smallest absolute Gasteiger partial charge is 0.547 e. The van der Waals surface area contributed by atoms with Gasteiger partial charge < -0.3 is 30.3 Å².